The van der Waals surface area contributed by atoms with Crippen LogP contribution < -0.4 is 5.32 Å². The molecule has 0 amide bonds. The number of nitrogens with zero attached hydrogens (tertiary/aromatic N) is 1. The highest BCUT2D eigenvalue weighted by Gasteiger charge is 2.20. The van der Waals surface area contributed by atoms with Gasteiger partial charge in [0.15, 0.2) is 5.11 Å². The molecule has 1 N–H and O–H groups in total. The molecule has 1 aliphatic heterocycles. The number of thiocarbonyl (C=S) groups is 1. The van der Waals surface area contributed by atoms with Gasteiger partial charge < -0.3 is 15.0 Å². The molecule has 1 rings (SSSR count). The van der Waals surface area contributed by atoms with E-state index < -0.39 is 0 Å². The fourth-order valence-electron chi connectivity index (χ4n) is 1.86. The molecule has 0 radical (unpaired) electrons. The van der Waals surface area contributed by atoms with Gasteiger partial charge in [-0.1, -0.05) is 13.8 Å². The smallest absolute Gasteiger partial charge is 0.168 e. The quantitative estimate of drug-likeness (QED) is 0.765. The zero-order valence-corrected chi connectivity index (χ0v) is 11.5. The van der Waals surface area contributed by atoms with Crippen LogP contribution >= 0.6 is 12.2 Å². The summed E-state index contributed by atoms with van der Waals surface area (Å²) in [6.07, 6.45) is 2.63. The van der Waals surface area contributed by atoms with Gasteiger partial charge in [-0.3, -0.25) is 0 Å². The average Bonchev–Trinajstić information content (AvgIpc) is 2.27. The molecule has 1 saturated heterocycles. The van der Waals surface area contributed by atoms with Crippen molar-refractivity contribution in [3.05, 3.63) is 0 Å². The van der Waals surface area contributed by atoms with Crippen LogP contribution in [0.15, 0.2) is 0 Å². The van der Waals surface area contributed by atoms with Crippen molar-refractivity contribution >= 4 is 17.3 Å². The van der Waals surface area contributed by atoms with E-state index in [1.165, 1.54) is 0 Å². The lowest BCUT2D eigenvalue weighted by molar-refractivity contribution is 0.0268. The first kappa shape index (κ1) is 13.7. The zero-order chi connectivity index (χ0) is 12.0. The van der Waals surface area contributed by atoms with Crippen molar-refractivity contribution in [2.24, 2.45) is 5.92 Å². The van der Waals surface area contributed by atoms with Crippen molar-refractivity contribution in [3.8, 4) is 0 Å². The minimum Gasteiger partial charge on any atom is -0.378 e. The fourth-order valence-corrected chi connectivity index (χ4v) is 2.13. The lowest BCUT2D eigenvalue weighted by Crippen LogP contribution is -2.46. The predicted molar refractivity (Wildman–Crippen MR) is 71.7 cm³/mol. The van der Waals surface area contributed by atoms with E-state index in [1.54, 1.807) is 0 Å². The molecule has 0 atom stereocenters. The van der Waals surface area contributed by atoms with E-state index in [2.05, 4.69) is 31.0 Å². The zero-order valence-electron chi connectivity index (χ0n) is 10.7. The molecule has 1 heterocycles. The van der Waals surface area contributed by atoms with Gasteiger partial charge in [-0.2, -0.15) is 0 Å². The van der Waals surface area contributed by atoms with Crippen LogP contribution in [-0.4, -0.2) is 42.4 Å². The summed E-state index contributed by atoms with van der Waals surface area (Å²) >= 11 is 5.37. The second kappa shape index (κ2) is 7.07. The third-order valence-electron chi connectivity index (χ3n) is 2.79. The number of piperidine rings is 1. The third-order valence-corrected chi connectivity index (χ3v) is 3.20. The summed E-state index contributed by atoms with van der Waals surface area (Å²) < 4.78 is 5.62. The van der Waals surface area contributed by atoms with Gasteiger partial charge in [-0.05, 0) is 37.9 Å². The van der Waals surface area contributed by atoms with Gasteiger partial charge >= 0.3 is 0 Å². The van der Waals surface area contributed by atoms with E-state index in [0.29, 0.717) is 12.0 Å². The Bertz CT molecular complexity index is 213. The lowest BCUT2D eigenvalue weighted by atomic mass is 10.1. The molecule has 16 heavy (non-hydrogen) atoms. The number of rotatable bonds is 4. The van der Waals surface area contributed by atoms with Crippen LogP contribution in [0, 0.1) is 5.92 Å². The van der Waals surface area contributed by atoms with Crippen LogP contribution in [0.4, 0.5) is 0 Å². The third kappa shape index (κ3) is 4.66. The summed E-state index contributed by atoms with van der Waals surface area (Å²) in [5, 5.41) is 4.22. The summed E-state index contributed by atoms with van der Waals surface area (Å²) in [4.78, 5) is 2.26. The molecule has 0 saturated carbocycles. The van der Waals surface area contributed by atoms with Crippen molar-refractivity contribution in [2.75, 3.05) is 26.2 Å². The monoisotopic (exact) mass is 244 g/mol. The molecule has 0 aliphatic carbocycles. The number of likely N-dealkylation sites (tertiary alicyclic amines) is 1. The van der Waals surface area contributed by atoms with Gasteiger partial charge in [-0.25, -0.2) is 0 Å². The molecule has 1 aliphatic rings. The van der Waals surface area contributed by atoms with Crippen LogP contribution in [0.5, 0.6) is 0 Å². The molecule has 0 aromatic rings. The van der Waals surface area contributed by atoms with Crippen LogP contribution in [0.1, 0.15) is 33.6 Å². The van der Waals surface area contributed by atoms with Crippen molar-refractivity contribution in [1.29, 1.82) is 0 Å². The van der Waals surface area contributed by atoms with Gasteiger partial charge in [0, 0.05) is 26.2 Å². The highest BCUT2D eigenvalue weighted by atomic mass is 32.1. The minimum absolute atomic E-state index is 0.439. The van der Waals surface area contributed by atoms with Crippen molar-refractivity contribution in [3.63, 3.8) is 0 Å². The molecule has 3 nitrogen and oxygen atoms in total. The first-order valence-corrected chi connectivity index (χ1v) is 6.68. The lowest BCUT2D eigenvalue weighted by Gasteiger charge is -2.33. The van der Waals surface area contributed by atoms with E-state index in [4.69, 9.17) is 17.0 Å². The Balaban J connectivity index is 2.22. The number of hydrogen-bond acceptors (Lipinski definition) is 2. The molecule has 0 spiro atoms. The second-order valence-corrected chi connectivity index (χ2v) is 5.11. The van der Waals surface area contributed by atoms with E-state index in [1.807, 2.05) is 0 Å². The van der Waals surface area contributed by atoms with Crippen molar-refractivity contribution < 1.29 is 4.74 Å². The van der Waals surface area contributed by atoms with Crippen LogP contribution in [0.2, 0.25) is 0 Å². The normalized spacial score (nSPS) is 17.9. The summed E-state index contributed by atoms with van der Waals surface area (Å²) in [6, 6.07) is 0. The van der Waals surface area contributed by atoms with Crippen LogP contribution in [0.25, 0.3) is 0 Å². The maximum atomic E-state index is 5.62. The Morgan fingerprint density at radius 1 is 1.44 bits per heavy atom. The second-order valence-electron chi connectivity index (χ2n) is 4.72. The molecule has 0 aromatic heterocycles. The van der Waals surface area contributed by atoms with Crippen molar-refractivity contribution in [2.45, 2.75) is 39.7 Å². The average molecular weight is 244 g/mol. The first-order chi connectivity index (χ1) is 7.63. The Hall–Kier alpha value is -0.350. The number of hydrogen-bond donors (Lipinski definition) is 1. The summed E-state index contributed by atoms with van der Waals surface area (Å²) in [7, 11) is 0. The van der Waals surface area contributed by atoms with Gasteiger partial charge in [0.25, 0.3) is 0 Å². The largest absolute Gasteiger partial charge is 0.378 e. The molecular formula is C12H24N2OS. The Kier molecular flexibility index (Phi) is 6.06. The van der Waals surface area contributed by atoms with Gasteiger partial charge in [0.05, 0.1) is 6.10 Å². The first-order valence-electron chi connectivity index (χ1n) is 6.27. The molecule has 94 valence electrons. The van der Waals surface area contributed by atoms with E-state index in [9.17, 15) is 0 Å². The SMILES string of the molecule is CCOC1CCN(C(=S)NCC(C)C)CC1. The highest BCUT2D eigenvalue weighted by molar-refractivity contribution is 7.80. The summed E-state index contributed by atoms with van der Waals surface area (Å²) in [5.41, 5.74) is 0. The van der Waals surface area contributed by atoms with E-state index in [0.717, 1.165) is 44.2 Å². The number of ether oxygens (including phenoxy) is 1. The molecular weight excluding hydrogens is 220 g/mol. The van der Waals surface area contributed by atoms with Crippen LogP contribution in [0.3, 0.4) is 0 Å². The maximum absolute atomic E-state index is 5.62. The topological polar surface area (TPSA) is 24.5 Å². The predicted octanol–water partition coefficient (Wildman–Crippen LogP) is 2.02. The molecule has 0 unspecified atom stereocenters. The Morgan fingerprint density at radius 2 is 2.06 bits per heavy atom. The number of nitrogens with one attached hydrogen (secondary N) is 1. The molecule has 0 aromatic carbocycles. The van der Waals surface area contributed by atoms with E-state index >= 15 is 0 Å². The van der Waals surface area contributed by atoms with Crippen LogP contribution in [-0.2, 0) is 4.74 Å². The summed E-state index contributed by atoms with van der Waals surface area (Å²) in [5.74, 6) is 0.638. The molecule has 0 bridgehead atoms. The minimum atomic E-state index is 0.439. The Morgan fingerprint density at radius 3 is 2.56 bits per heavy atom. The molecule has 1 fully saturated rings. The standard InChI is InChI=1S/C12H24N2OS/c1-4-15-11-5-7-14(8-6-11)12(16)13-9-10(2)3/h10-11H,4-9H2,1-3H3,(H,13,16). The van der Waals surface area contributed by atoms with E-state index in [-0.39, 0.29) is 0 Å². The summed E-state index contributed by atoms with van der Waals surface area (Å²) in [6.45, 7) is 10.3. The van der Waals surface area contributed by atoms with Gasteiger partial charge in [-0.15, -0.1) is 0 Å². The molecule has 4 heteroatoms. The fraction of sp³-hybridized carbons (Fsp3) is 0.917. The Labute approximate surface area is 105 Å². The maximum Gasteiger partial charge on any atom is 0.168 e. The van der Waals surface area contributed by atoms with Gasteiger partial charge in [0.2, 0.25) is 0 Å². The highest BCUT2D eigenvalue weighted by Crippen LogP contribution is 2.13. The van der Waals surface area contributed by atoms with Gasteiger partial charge in [0.1, 0.15) is 0 Å². The van der Waals surface area contributed by atoms with Crippen molar-refractivity contribution in [1.82, 2.24) is 10.2 Å².